The fraction of sp³-hybridized carbons (Fsp3) is 0.421. The molecule has 0 saturated heterocycles. The highest BCUT2D eigenvalue weighted by Crippen LogP contribution is 2.23. The summed E-state index contributed by atoms with van der Waals surface area (Å²) in [6.07, 6.45) is 0.729. The molecule has 0 saturated carbocycles. The number of benzene rings is 3. The summed E-state index contributed by atoms with van der Waals surface area (Å²) in [5, 5.41) is 8.36. The Balaban J connectivity index is 1.48. The van der Waals surface area contributed by atoms with Crippen LogP contribution in [0, 0.1) is 11.8 Å². The molecule has 0 bridgehead atoms. The van der Waals surface area contributed by atoms with Gasteiger partial charge in [0.2, 0.25) is 17.7 Å². The Morgan fingerprint density at radius 2 is 1.52 bits per heavy atom. The molecule has 48 heavy (non-hydrogen) atoms. The lowest BCUT2D eigenvalue weighted by atomic mass is 9.99. The van der Waals surface area contributed by atoms with Crippen molar-refractivity contribution in [3.05, 3.63) is 84.4 Å². The molecule has 3 aromatic rings. The first-order valence-corrected chi connectivity index (χ1v) is 16.7. The van der Waals surface area contributed by atoms with Gasteiger partial charge in [-0.3, -0.25) is 19.2 Å². The van der Waals surface area contributed by atoms with E-state index in [4.69, 9.17) is 9.47 Å². The van der Waals surface area contributed by atoms with Gasteiger partial charge in [-0.25, -0.2) is 0 Å². The minimum Gasteiger partial charge on any atom is -0.492 e. The average Bonchev–Trinajstić information content (AvgIpc) is 3.07. The van der Waals surface area contributed by atoms with Crippen molar-refractivity contribution in [3.8, 4) is 22.6 Å². The van der Waals surface area contributed by atoms with Crippen molar-refractivity contribution in [2.75, 3.05) is 26.8 Å². The molecule has 10 nitrogen and oxygen atoms in total. The number of para-hydroxylation sites is 1. The van der Waals surface area contributed by atoms with Crippen LogP contribution in [0.15, 0.2) is 78.9 Å². The topological polar surface area (TPSA) is 126 Å². The molecule has 3 aromatic carbocycles. The van der Waals surface area contributed by atoms with Gasteiger partial charge >= 0.3 is 0 Å². The Labute approximate surface area is 283 Å². The number of ether oxygens (including phenoxy) is 2. The van der Waals surface area contributed by atoms with Gasteiger partial charge in [0.25, 0.3) is 5.91 Å². The SMILES string of the molecule is CC(C)C[C@H]1COc2ccccc2C(=O)N[C@H](C(=O)NCCOc2ccc(-c3ccccc3)cc2)CC(=O)N[C@@H](CC(C)C)C(=O)N1C. The Hall–Kier alpha value is -4.86. The summed E-state index contributed by atoms with van der Waals surface area (Å²) in [6, 6.07) is 22.1. The fourth-order valence-corrected chi connectivity index (χ4v) is 5.69. The van der Waals surface area contributed by atoms with E-state index in [0.717, 1.165) is 11.1 Å². The van der Waals surface area contributed by atoms with E-state index in [9.17, 15) is 19.2 Å². The molecule has 1 heterocycles. The molecular weight excluding hydrogens is 608 g/mol. The van der Waals surface area contributed by atoms with E-state index < -0.39 is 29.8 Å². The van der Waals surface area contributed by atoms with E-state index >= 15 is 0 Å². The molecule has 4 amide bonds. The number of nitrogens with zero attached hydrogens (tertiary/aromatic N) is 1. The predicted molar refractivity (Wildman–Crippen MR) is 186 cm³/mol. The van der Waals surface area contributed by atoms with Crippen LogP contribution in [0.1, 0.15) is 57.3 Å². The zero-order chi connectivity index (χ0) is 34.6. The highest BCUT2D eigenvalue weighted by atomic mass is 16.5. The van der Waals surface area contributed by atoms with E-state index in [2.05, 4.69) is 29.8 Å². The van der Waals surface area contributed by atoms with E-state index in [1.165, 1.54) is 0 Å². The highest BCUT2D eigenvalue weighted by Gasteiger charge is 2.33. The van der Waals surface area contributed by atoms with Crippen molar-refractivity contribution in [3.63, 3.8) is 0 Å². The Morgan fingerprint density at radius 3 is 2.21 bits per heavy atom. The molecule has 256 valence electrons. The van der Waals surface area contributed by atoms with Crippen LogP contribution in [0.4, 0.5) is 0 Å². The van der Waals surface area contributed by atoms with Crippen molar-refractivity contribution in [1.29, 1.82) is 0 Å². The van der Waals surface area contributed by atoms with Gasteiger partial charge in [-0.2, -0.15) is 0 Å². The standard InChI is InChI=1S/C38H48N4O6/c1-25(2)21-29-24-48-34-14-10-9-13-31(34)36(44)41-32(23-35(43)40-33(22-26(3)4)38(46)42(29)5)37(45)39-19-20-47-30-17-15-28(16-18-30)27-11-7-6-8-12-27/h6-18,25-26,29,32-33H,19-24H2,1-5H3,(H,39,45)(H,40,43)(H,41,44)/t29-,32-,33-/m0/s1. The molecule has 0 unspecified atom stereocenters. The number of rotatable bonds is 10. The second kappa shape index (κ2) is 17.3. The number of hydrogen-bond acceptors (Lipinski definition) is 6. The first kappa shape index (κ1) is 36.0. The zero-order valence-electron chi connectivity index (χ0n) is 28.5. The third-order valence-corrected chi connectivity index (χ3v) is 8.18. The number of amides is 4. The molecule has 0 spiro atoms. The minimum atomic E-state index is -1.21. The van der Waals surface area contributed by atoms with Crippen LogP contribution in [0.5, 0.6) is 11.5 Å². The normalized spacial score (nSPS) is 19.1. The van der Waals surface area contributed by atoms with Gasteiger partial charge in [0.1, 0.15) is 36.8 Å². The number of carbonyl (C=O) groups is 4. The van der Waals surface area contributed by atoms with Crippen LogP contribution >= 0.6 is 0 Å². The summed E-state index contributed by atoms with van der Waals surface area (Å²) < 4.78 is 12.0. The van der Waals surface area contributed by atoms with Gasteiger partial charge in [-0.15, -0.1) is 0 Å². The van der Waals surface area contributed by atoms with Gasteiger partial charge in [0.05, 0.1) is 24.6 Å². The van der Waals surface area contributed by atoms with Crippen molar-refractivity contribution in [2.45, 2.75) is 65.1 Å². The first-order valence-electron chi connectivity index (χ1n) is 16.7. The summed E-state index contributed by atoms with van der Waals surface area (Å²) in [7, 11) is 1.72. The molecule has 10 heteroatoms. The van der Waals surface area contributed by atoms with Crippen molar-refractivity contribution < 1.29 is 28.7 Å². The maximum Gasteiger partial charge on any atom is 0.255 e. The van der Waals surface area contributed by atoms with E-state index in [1.54, 1.807) is 36.2 Å². The molecule has 0 radical (unpaired) electrons. The lowest BCUT2D eigenvalue weighted by Crippen LogP contribution is -2.55. The maximum atomic E-state index is 13.8. The molecule has 1 aliphatic heterocycles. The third kappa shape index (κ3) is 10.3. The van der Waals surface area contributed by atoms with Gasteiger partial charge in [-0.05, 0) is 60.1 Å². The molecule has 1 aliphatic rings. The van der Waals surface area contributed by atoms with Crippen LogP contribution in [0.25, 0.3) is 11.1 Å². The summed E-state index contributed by atoms with van der Waals surface area (Å²) >= 11 is 0. The van der Waals surface area contributed by atoms with Crippen LogP contribution < -0.4 is 25.4 Å². The highest BCUT2D eigenvalue weighted by molar-refractivity contribution is 6.01. The maximum absolute atomic E-state index is 13.8. The molecule has 3 atom stereocenters. The second-order valence-corrected chi connectivity index (χ2v) is 13.0. The molecule has 0 aromatic heterocycles. The Morgan fingerprint density at radius 1 is 0.875 bits per heavy atom. The van der Waals surface area contributed by atoms with Crippen molar-refractivity contribution in [2.24, 2.45) is 11.8 Å². The number of nitrogens with one attached hydrogen (secondary N) is 3. The summed E-state index contributed by atoms with van der Waals surface area (Å²) in [5.41, 5.74) is 2.39. The van der Waals surface area contributed by atoms with Crippen LogP contribution in [-0.2, 0) is 14.4 Å². The molecule has 0 aliphatic carbocycles. The number of hydrogen-bond donors (Lipinski definition) is 3. The van der Waals surface area contributed by atoms with E-state index in [-0.39, 0.29) is 55.5 Å². The molecule has 3 N–H and O–H groups in total. The summed E-state index contributed by atoms with van der Waals surface area (Å²) in [6.45, 7) is 8.57. The Bertz CT molecular complexity index is 1530. The summed E-state index contributed by atoms with van der Waals surface area (Å²) in [4.78, 5) is 55.8. The van der Waals surface area contributed by atoms with E-state index in [1.807, 2.05) is 68.4 Å². The van der Waals surface area contributed by atoms with Crippen molar-refractivity contribution in [1.82, 2.24) is 20.9 Å². The summed E-state index contributed by atoms with van der Waals surface area (Å²) in [5.74, 6) is -0.471. The lowest BCUT2D eigenvalue weighted by Gasteiger charge is -2.33. The molecule has 4 rings (SSSR count). The number of likely N-dealkylation sites (N-methyl/N-ethyl adjacent to an activating group) is 1. The molecular formula is C38H48N4O6. The first-order chi connectivity index (χ1) is 23.0. The Kier molecular flexibility index (Phi) is 13.0. The number of fused-ring (bicyclic) bond motifs is 1. The van der Waals surface area contributed by atoms with E-state index in [0.29, 0.717) is 24.3 Å². The van der Waals surface area contributed by atoms with Gasteiger partial charge in [-0.1, -0.05) is 82.3 Å². The average molecular weight is 657 g/mol. The fourth-order valence-electron chi connectivity index (χ4n) is 5.69. The lowest BCUT2D eigenvalue weighted by molar-refractivity contribution is -0.138. The van der Waals surface area contributed by atoms with Gasteiger partial charge in [0, 0.05) is 7.05 Å². The largest absolute Gasteiger partial charge is 0.492 e. The smallest absolute Gasteiger partial charge is 0.255 e. The monoisotopic (exact) mass is 656 g/mol. The minimum absolute atomic E-state index is 0.117. The predicted octanol–water partition coefficient (Wildman–Crippen LogP) is 4.83. The van der Waals surface area contributed by atoms with Gasteiger partial charge in [0.15, 0.2) is 0 Å². The quantitative estimate of drug-likeness (QED) is 0.269. The van der Waals surface area contributed by atoms with Crippen LogP contribution in [0.3, 0.4) is 0 Å². The van der Waals surface area contributed by atoms with Crippen molar-refractivity contribution >= 4 is 23.6 Å². The zero-order valence-corrected chi connectivity index (χ0v) is 28.5. The number of carbonyl (C=O) groups excluding carboxylic acids is 4. The third-order valence-electron chi connectivity index (χ3n) is 8.18. The van der Waals surface area contributed by atoms with Crippen LogP contribution in [0.2, 0.25) is 0 Å². The van der Waals surface area contributed by atoms with Gasteiger partial charge < -0.3 is 30.3 Å². The molecule has 0 fully saturated rings. The second-order valence-electron chi connectivity index (χ2n) is 13.0. The van der Waals surface area contributed by atoms with Crippen LogP contribution in [-0.4, -0.2) is 73.5 Å².